The molecule has 1 aromatic rings. The van der Waals surface area contributed by atoms with Crippen LogP contribution < -0.4 is 5.73 Å². The van der Waals surface area contributed by atoms with E-state index in [0.29, 0.717) is 6.54 Å². The van der Waals surface area contributed by atoms with E-state index in [9.17, 15) is 4.79 Å². The molecule has 0 radical (unpaired) electrons. The third-order valence-corrected chi connectivity index (χ3v) is 3.44. The van der Waals surface area contributed by atoms with Crippen molar-refractivity contribution < 1.29 is 4.79 Å². The molecule has 0 bridgehead atoms. The van der Waals surface area contributed by atoms with Crippen molar-refractivity contribution in [1.29, 1.82) is 0 Å². The summed E-state index contributed by atoms with van der Waals surface area (Å²) in [5.41, 5.74) is 5.90. The molecule has 1 aliphatic rings. The molecule has 108 valence electrons. The fraction of sp³-hybridized carbons (Fsp3) is 0.750. The van der Waals surface area contributed by atoms with Crippen LogP contribution in [-0.2, 0) is 4.79 Å². The lowest BCUT2D eigenvalue weighted by atomic mass is 10.0. The molecule has 0 aliphatic carbocycles. The summed E-state index contributed by atoms with van der Waals surface area (Å²) in [6.45, 7) is 3.54. The molecule has 1 aromatic heterocycles. The maximum atomic E-state index is 12.2. The van der Waals surface area contributed by atoms with Crippen LogP contribution in [0.15, 0.2) is 12.7 Å². The third kappa shape index (κ3) is 3.91. The molecule has 0 aromatic carbocycles. The van der Waals surface area contributed by atoms with Crippen molar-refractivity contribution >= 4 is 18.3 Å². The second-order valence-corrected chi connectivity index (χ2v) is 4.85. The SMILES string of the molecule is CCCC(N)C(=O)N1CCCC(n2cncn2)C1.Cl. The maximum Gasteiger partial charge on any atom is 0.239 e. The monoisotopic (exact) mass is 287 g/mol. The Hall–Kier alpha value is -1.14. The molecule has 0 spiro atoms. The van der Waals surface area contributed by atoms with Crippen LogP contribution in [0.25, 0.3) is 0 Å². The lowest BCUT2D eigenvalue weighted by Gasteiger charge is -2.34. The van der Waals surface area contributed by atoms with E-state index < -0.39 is 0 Å². The summed E-state index contributed by atoms with van der Waals surface area (Å²) in [5, 5.41) is 4.15. The quantitative estimate of drug-likeness (QED) is 0.896. The van der Waals surface area contributed by atoms with Crippen molar-refractivity contribution in [2.24, 2.45) is 5.73 Å². The number of likely N-dealkylation sites (tertiary alicyclic amines) is 1. The van der Waals surface area contributed by atoms with Crippen molar-refractivity contribution in [1.82, 2.24) is 19.7 Å². The van der Waals surface area contributed by atoms with Crippen molar-refractivity contribution in [3.63, 3.8) is 0 Å². The second-order valence-electron chi connectivity index (χ2n) is 4.85. The number of aromatic nitrogens is 3. The molecular formula is C12H22ClN5O. The van der Waals surface area contributed by atoms with Gasteiger partial charge in [0.1, 0.15) is 12.7 Å². The molecule has 7 heteroatoms. The zero-order valence-electron chi connectivity index (χ0n) is 11.2. The van der Waals surface area contributed by atoms with Gasteiger partial charge in [-0.1, -0.05) is 13.3 Å². The fourth-order valence-corrected chi connectivity index (χ4v) is 2.45. The maximum absolute atomic E-state index is 12.2. The number of nitrogens with zero attached hydrogens (tertiary/aromatic N) is 4. The van der Waals surface area contributed by atoms with Gasteiger partial charge in [-0.25, -0.2) is 9.67 Å². The van der Waals surface area contributed by atoms with Gasteiger partial charge in [0.15, 0.2) is 0 Å². The molecule has 2 unspecified atom stereocenters. The highest BCUT2D eigenvalue weighted by molar-refractivity contribution is 5.85. The van der Waals surface area contributed by atoms with E-state index in [4.69, 9.17) is 5.73 Å². The molecule has 19 heavy (non-hydrogen) atoms. The number of carbonyl (C=O) groups excluding carboxylic acids is 1. The van der Waals surface area contributed by atoms with Crippen LogP contribution in [0, 0.1) is 0 Å². The van der Waals surface area contributed by atoms with Crippen molar-refractivity contribution in [3.8, 4) is 0 Å². The van der Waals surface area contributed by atoms with E-state index in [2.05, 4.69) is 10.1 Å². The molecule has 2 N–H and O–H groups in total. The Kier molecular flexibility index (Phi) is 6.24. The summed E-state index contributed by atoms with van der Waals surface area (Å²) in [4.78, 5) is 18.0. The lowest BCUT2D eigenvalue weighted by Crippen LogP contribution is -2.48. The van der Waals surface area contributed by atoms with Crippen LogP contribution in [0.4, 0.5) is 0 Å². The molecule has 0 saturated carbocycles. The summed E-state index contributed by atoms with van der Waals surface area (Å²) in [7, 11) is 0. The van der Waals surface area contributed by atoms with Crippen LogP contribution in [0.2, 0.25) is 0 Å². The van der Waals surface area contributed by atoms with Gasteiger partial charge in [0.2, 0.25) is 5.91 Å². The fourth-order valence-electron chi connectivity index (χ4n) is 2.45. The number of amides is 1. The van der Waals surface area contributed by atoms with Gasteiger partial charge in [-0.2, -0.15) is 5.10 Å². The molecule has 2 atom stereocenters. The Labute approximate surface area is 119 Å². The van der Waals surface area contributed by atoms with Crippen LogP contribution >= 0.6 is 12.4 Å². The highest BCUT2D eigenvalue weighted by atomic mass is 35.5. The predicted molar refractivity (Wildman–Crippen MR) is 75.0 cm³/mol. The van der Waals surface area contributed by atoms with E-state index in [-0.39, 0.29) is 30.4 Å². The van der Waals surface area contributed by atoms with Gasteiger partial charge in [-0.05, 0) is 19.3 Å². The predicted octanol–water partition coefficient (Wildman–Crippen LogP) is 0.991. The highest BCUT2D eigenvalue weighted by Crippen LogP contribution is 2.20. The summed E-state index contributed by atoms with van der Waals surface area (Å²) >= 11 is 0. The number of piperidine rings is 1. The number of nitrogens with two attached hydrogens (primary N) is 1. The van der Waals surface area contributed by atoms with Crippen molar-refractivity contribution in [3.05, 3.63) is 12.7 Å². The average molecular weight is 288 g/mol. The third-order valence-electron chi connectivity index (χ3n) is 3.44. The van der Waals surface area contributed by atoms with Crippen molar-refractivity contribution in [2.45, 2.75) is 44.7 Å². The summed E-state index contributed by atoms with van der Waals surface area (Å²) < 4.78 is 1.84. The van der Waals surface area contributed by atoms with Crippen LogP contribution in [-0.4, -0.2) is 44.7 Å². The number of rotatable bonds is 4. The first-order valence-electron chi connectivity index (χ1n) is 6.61. The second kappa shape index (κ2) is 7.45. The van der Waals surface area contributed by atoms with Gasteiger partial charge in [-0.15, -0.1) is 12.4 Å². The Morgan fingerprint density at radius 3 is 3.00 bits per heavy atom. The highest BCUT2D eigenvalue weighted by Gasteiger charge is 2.27. The molecule has 2 heterocycles. The van der Waals surface area contributed by atoms with E-state index in [1.165, 1.54) is 6.33 Å². The van der Waals surface area contributed by atoms with Gasteiger partial charge < -0.3 is 10.6 Å². The first kappa shape index (κ1) is 15.9. The molecule has 2 rings (SSSR count). The van der Waals surface area contributed by atoms with Crippen LogP contribution in [0.1, 0.15) is 38.6 Å². The molecule has 1 aliphatic heterocycles. The minimum Gasteiger partial charge on any atom is -0.339 e. The average Bonchev–Trinajstić information content (AvgIpc) is 2.92. The Balaban J connectivity index is 0.00000180. The largest absolute Gasteiger partial charge is 0.339 e. The molecule has 1 saturated heterocycles. The van der Waals surface area contributed by atoms with E-state index in [1.54, 1.807) is 6.33 Å². The molecule has 1 fully saturated rings. The Morgan fingerprint density at radius 2 is 2.37 bits per heavy atom. The smallest absolute Gasteiger partial charge is 0.239 e. The minimum atomic E-state index is -0.357. The Bertz CT molecular complexity index is 383. The topological polar surface area (TPSA) is 77.0 Å². The molecule has 6 nitrogen and oxygen atoms in total. The van der Waals surface area contributed by atoms with E-state index in [0.717, 1.165) is 32.2 Å². The normalized spacial score (nSPS) is 20.7. The molecular weight excluding hydrogens is 266 g/mol. The number of carbonyl (C=O) groups is 1. The minimum absolute atomic E-state index is 0. The Morgan fingerprint density at radius 1 is 1.58 bits per heavy atom. The zero-order valence-corrected chi connectivity index (χ0v) is 12.1. The zero-order chi connectivity index (χ0) is 13.0. The number of hydrogen-bond acceptors (Lipinski definition) is 4. The lowest BCUT2D eigenvalue weighted by molar-refractivity contribution is -0.134. The number of hydrogen-bond donors (Lipinski definition) is 1. The van der Waals surface area contributed by atoms with Crippen LogP contribution in [0.5, 0.6) is 0 Å². The summed E-state index contributed by atoms with van der Waals surface area (Å²) in [5.74, 6) is 0.0710. The van der Waals surface area contributed by atoms with Crippen molar-refractivity contribution in [2.75, 3.05) is 13.1 Å². The van der Waals surface area contributed by atoms with Gasteiger partial charge in [0, 0.05) is 13.1 Å². The van der Waals surface area contributed by atoms with Gasteiger partial charge in [0.05, 0.1) is 12.1 Å². The first-order valence-corrected chi connectivity index (χ1v) is 6.61. The first-order chi connectivity index (χ1) is 8.72. The van der Waals surface area contributed by atoms with Gasteiger partial charge in [-0.3, -0.25) is 4.79 Å². The van der Waals surface area contributed by atoms with Gasteiger partial charge in [0.25, 0.3) is 0 Å². The van der Waals surface area contributed by atoms with Gasteiger partial charge >= 0.3 is 0 Å². The van der Waals surface area contributed by atoms with Crippen LogP contribution in [0.3, 0.4) is 0 Å². The number of halogens is 1. The summed E-state index contributed by atoms with van der Waals surface area (Å²) in [6.07, 6.45) is 6.97. The summed E-state index contributed by atoms with van der Waals surface area (Å²) in [6, 6.07) is -0.122. The van der Waals surface area contributed by atoms with E-state index in [1.807, 2.05) is 16.5 Å². The van der Waals surface area contributed by atoms with E-state index >= 15 is 0 Å². The standard InChI is InChI=1S/C12H21N5O.ClH/c1-2-4-11(13)12(18)16-6-3-5-10(7-16)17-9-14-8-15-17;/h8-11H,2-7,13H2,1H3;1H. The molecule has 1 amide bonds.